The Morgan fingerprint density at radius 2 is 1.94 bits per heavy atom. The maximum absolute atomic E-state index is 11.6. The van der Waals surface area contributed by atoms with Gasteiger partial charge in [0, 0.05) is 13.1 Å². The molecule has 0 radical (unpaired) electrons. The normalized spacial score (nSPS) is 14.8. The molecule has 1 fully saturated rings. The largest absolute Gasteiger partial charge is 0.494 e. The number of carbonyl (C=O) groups is 1. The van der Waals surface area contributed by atoms with Crippen LogP contribution in [0.5, 0.6) is 5.75 Å². The van der Waals surface area contributed by atoms with E-state index in [1.54, 1.807) is 13.2 Å². The molecule has 0 atom stereocenters. The highest BCUT2D eigenvalue weighted by Crippen LogP contribution is 2.34. The predicted octanol–water partition coefficient (Wildman–Crippen LogP) is 2.08. The van der Waals surface area contributed by atoms with Crippen LogP contribution in [0.1, 0.15) is 23.2 Å². The Labute approximate surface area is 101 Å². The van der Waals surface area contributed by atoms with Gasteiger partial charge in [0.15, 0.2) is 5.75 Å². The van der Waals surface area contributed by atoms with E-state index in [0.717, 1.165) is 18.8 Å². The van der Waals surface area contributed by atoms with Gasteiger partial charge in [0.25, 0.3) is 0 Å². The van der Waals surface area contributed by atoms with Crippen molar-refractivity contribution < 1.29 is 14.3 Å². The van der Waals surface area contributed by atoms with Crippen LogP contribution in [-0.2, 0) is 4.74 Å². The number of hydrogen-bond donors (Lipinski definition) is 0. The topological polar surface area (TPSA) is 38.8 Å². The zero-order chi connectivity index (χ0) is 12.3. The Kier molecular flexibility index (Phi) is 3.52. The summed E-state index contributed by atoms with van der Waals surface area (Å²) in [6.07, 6.45) is 2.37. The molecule has 17 heavy (non-hydrogen) atoms. The van der Waals surface area contributed by atoms with E-state index in [1.807, 2.05) is 12.1 Å². The van der Waals surface area contributed by atoms with Gasteiger partial charge in [-0.2, -0.15) is 0 Å². The average Bonchev–Trinajstić information content (AvgIpc) is 2.90. The van der Waals surface area contributed by atoms with E-state index in [-0.39, 0.29) is 5.97 Å². The van der Waals surface area contributed by atoms with Crippen molar-refractivity contribution in [2.75, 3.05) is 32.2 Å². The van der Waals surface area contributed by atoms with Crippen LogP contribution in [0.4, 0.5) is 5.69 Å². The van der Waals surface area contributed by atoms with Crippen molar-refractivity contribution in [2.24, 2.45) is 0 Å². The molecule has 1 heterocycles. The molecule has 92 valence electrons. The van der Waals surface area contributed by atoms with E-state index in [0.29, 0.717) is 11.3 Å². The van der Waals surface area contributed by atoms with Crippen molar-refractivity contribution in [1.29, 1.82) is 0 Å². The van der Waals surface area contributed by atoms with Crippen LogP contribution in [0.2, 0.25) is 0 Å². The minimum absolute atomic E-state index is 0.358. The monoisotopic (exact) mass is 235 g/mol. The third-order valence-electron chi connectivity index (χ3n) is 3.05. The third kappa shape index (κ3) is 2.20. The molecule has 1 saturated heterocycles. The Morgan fingerprint density at radius 1 is 1.24 bits per heavy atom. The number of benzene rings is 1. The van der Waals surface area contributed by atoms with Gasteiger partial charge in [-0.3, -0.25) is 0 Å². The van der Waals surface area contributed by atoms with Gasteiger partial charge in [-0.1, -0.05) is 6.07 Å². The molecule has 1 aromatic rings. The third-order valence-corrected chi connectivity index (χ3v) is 3.05. The number of rotatable bonds is 3. The van der Waals surface area contributed by atoms with Crippen molar-refractivity contribution in [1.82, 2.24) is 0 Å². The van der Waals surface area contributed by atoms with Gasteiger partial charge in [-0.25, -0.2) is 4.79 Å². The minimum atomic E-state index is -0.358. The molecule has 0 amide bonds. The lowest BCUT2D eigenvalue weighted by atomic mass is 10.1. The van der Waals surface area contributed by atoms with Crippen LogP contribution < -0.4 is 9.64 Å². The molecule has 0 unspecified atom stereocenters. The van der Waals surface area contributed by atoms with Crippen LogP contribution in [0.25, 0.3) is 0 Å². The highest BCUT2D eigenvalue weighted by molar-refractivity contribution is 5.95. The number of ether oxygens (including phenoxy) is 2. The Hall–Kier alpha value is -1.71. The number of methoxy groups -OCH3 is 2. The van der Waals surface area contributed by atoms with E-state index in [4.69, 9.17) is 9.47 Å². The van der Waals surface area contributed by atoms with Crippen molar-refractivity contribution in [2.45, 2.75) is 12.8 Å². The van der Waals surface area contributed by atoms with Gasteiger partial charge in [-0.05, 0) is 25.0 Å². The summed E-state index contributed by atoms with van der Waals surface area (Å²) in [4.78, 5) is 13.9. The minimum Gasteiger partial charge on any atom is -0.494 e. The molecule has 1 aromatic carbocycles. The molecule has 0 bridgehead atoms. The Balaban J connectivity index is 2.41. The van der Waals surface area contributed by atoms with E-state index in [1.165, 1.54) is 20.0 Å². The first-order chi connectivity index (χ1) is 8.27. The number of carbonyl (C=O) groups excluding carboxylic acids is 1. The zero-order valence-corrected chi connectivity index (χ0v) is 10.2. The molecule has 0 spiro atoms. The summed E-state index contributed by atoms with van der Waals surface area (Å²) in [5.74, 6) is 0.254. The van der Waals surface area contributed by atoms with E-state index < -0.39 is 0 Å². The Morgan fingerprint density at radius 3 is 2.53 bits per heavy atom. The predicted molar refractivity (Wildman–Crippen MR) is 65.8 cm³/mol. The fraction of sp³-hybridized carbons (Fsp3) is 0.462. The number of para-hydroxylation sites is 1. The second kappa shape index (κ2) is 5.08. The van der Waals surface area contributed by atoms with Crippen LogP contribution in [0.3, 0.4) is 0 Å². The maximum atomic E-state index is 11.6. The van der Waals surface area contributed by atoms with Crippen molar-refractivity contribution in [3.63, 3.8) is 0 Å². The van der Waals surface area contributed by atoms with Gasteiger partial charge in [-0.15, -0.1) is 0 Å². The van der Waals surface area contributed by atoms with Crippen LogP contribution in [0.15, 0.2) is 18.2 Å². The molecular weight excluding hydrogens is 218 g/mol. The van der Waals surface area contributed by atoms with E-state index in [9.17, 15) is 4.79 Å². The standard InChI is InChI=1S/C13H17NO3/c1-16-12-10(13(15)17-2)6-5-7-11(12)14-8-3-4-9-14/h5-7H,3-4,8-9H2,1-2H3. The summed E-state index contributed by atoms with van der Waals surface area (Å²) in [6.45, 7) is 2.03. The quantitative estimate of drug-likeness (QED) is 0.752. The number of anilines is 1. The molecule has 4 nitrogen and oxygen atoms in total. The molecule has 1 aliphatic rings. The number of esters is 1. The second-order valence-electron chi connectivity index (χ2n) is 4.04. The van der Waals surface area contributed by atoms with Crippen molar-refractivity contribution >= 4 is 11.7 Å². The molecule has 0 N–H and O–H groups in total. The summed E-state index contributed by atoms with van der Waals surface area (Å²) in [5.41, 5.74) is 1.47. The summed E-state index contributed by atoms with van der Waals surface area (Å²) in [7, 11) is 2.96. The summed E-state index contributed by atoms with van der Waals surface area (Å²) < 4.78 is 10.1. The van der Waals surface area contributed by atoms with Gasteiger partial charge < -0.3 is 14.4 Å². The highest BCUT2D eigenvalue weighted by Gasteiger charge is 2.21. The number of nitrogens with zero attached hydrogens (tertiary/aromatic N) is 1. The average molecular weight is 235 g/mol. The fourth-order valence-electron chi connectivity index (χ4n) is 2.22. The van der Waals surface area contributed by atoms with Crippen LogP contribution in [0, 0.1) is 0 Å². The summed E-state index contributed by atoms with van der Waals surface area (Å²) >= 11 is 0. The summed E-state index contributed by atoms with van der Waals surface area (Å²) in [6, 6.07) is 5.57. The fourth-order valence-corrected chi connectivity index (χ4v) is 2.22. The first kappa shape index (κ1) is 11.8. The SMILES string of the molecule is COC(=O)c1cccc(N2CCCC2)c1OC. The molecule has 2 rings (SSSR count). The molecule has 4 heteroatoms. The van der Waals surface area contributed by atoms with Crippen molar-refractivity contribution in [3.8, 4) is 5.75 Å². The smallest absolute Gasteiger partial charge is 0.341 e. The molecule has 0 aliphatic carbocycles. The Bertz CT molecular complexity index is 411. The van der Waals surface area contributed by atoms with Crippen molar-refractivity contribution in [3.05, 3.63) is 23.8 Å². The zero-order valence-electron chi connectivity index (χ0n) is 10.2. The summed E-state index contributed by atoms with van der Waals surface area (Å²) in [5, 5.41) is 0. The van der Waals surface area contributed by atoms with Gasteiger partial charge >= 0.3 is 5.97 Å². The molecule has 0 saturated carbocycles. The van der Waals surface area contributed by atoms with Crippen LogP contribution >= 0.6 is 0 Å². The van der Waals surface area contributed by atoms with E-state index in [2.05, 4.69) is 4.90 Å². The first-order valence-electron chi connectivity index (χ1n) is 5.78. The molecular formula is C13H17NO3. The lowest BCUT2D eigenvalue weighted by Crippen LogP contribution is -2.19. The maximum Gasteiger partial charge on any atom is 0.341 e. The lowest BCUT2D eigenvalue weighted by molar-refractivity contribution is 0.0597. The molecule has 1 aliphatic heterocycles. The number of hydrogen-bond acceptors (Lipinski definition) is 4. The molecule has 0 aromatic heterocycles. The van der Waals surface area contributed by atoms with E-state index >= 15 is 0 Å². The first-order valence-corrected chi connectivity index (χ1v) is 5.78. The lowest BCUT2D eigenvalue weighted by Gasteiger charge is -2.21. The van der Waals surface area contributed by atoms with Gasteiger partial charge in [0.2, 0.25) is 0 Å². The van der Waals surface area contributed by atoms with Gasteiger partial charge in [0.1, 0.15) is 5.56 Å². The van der Waals surface area contributed by atoms with Gasteiger partial charge in [0.05, 0.1) is 19.9 Å². The van der Waals surface area contributed by atoms with Crippen LogP contribution in [-0.4, -0.2) is 33.3 Å². The second-order valence-corrected chi connectivity index (χ2v) is 4.04. The highest BCUT2D eigenvalue weighted by atomic mass is 16.5.